The molecule has 32 heavy (non-hydrogen) atoms. The molecule has 1 aliphatic heterocycles. The standard InChI is InChI=1S/C29H48O3/c1-19(2)12-9-13-20(3)14-10-15-21(4)16-11-17-29(8)18-25(30)26-24(7)27(31)22(5)23(6)28(26)32-29/h19-21,31H,9-18H2,1-8H3/t20-,21-,29?/m1/s1. The lowest BCUT2D eigenvalue weighted by Crippen LogP contribution is -2.40. The normalized spacial score (nSPS) is 20.2. The Balaban J connectivity index is 1.80. The molecule has 0 spiro atoms. The highest BCUT2D eigenvalue weighted by Gasteiger charge is 2.39. The fourth-order valence-corrected chi connectivity index (χ4v) is 5.22. The van der Waals surface area contributed by atoms with E-state index >= 15 is 0 Å². The molecule has 182 valence electrons. The van der Waals surface area contributed by atoms with Crippen LogP contribution in [0.15, 0.2) is 0 Å². The Hall–Kier alpha value is -1.51. The summed E-state index contributed by atoms with van der Waals surface area (Å²) in [6.07, 6.45) is 11.6. The summed E-state index contributed by atoms with van der Waals surface area (Å²) in [5.41, 5.74) is 2.49. The lowest BCUT2D eigenvalue weighted by molar-refractivity contribution is 0.0438. The maximum absolute atomic E-state index is 13.0. The summed E-state index contributed by atoms with van der Waals surface area (Å²) in [5.74, 6) is 3.41. The van der Waals surface area contributed by atoms with E-state index in [-0.39, 0.29) is 11.5 Å². The zero-order chi connectivity index (χ0) is 24.1. The summed E-state index contributed by atoms with van der Waals surface area (Å²) in [6.45, 7) is 17.1. The molecular formula is C29H48O3. The highest BCUT2D eigenvalue weighted by atomic mass is 16.5. The lowest BCUT2D eigenvalue weighted by Gasteiger charge is -2.37. The van der Waals surface area contributed by atoms with Crippen LogP contribution >= 0.6 is 0 Å². The van der Waals surface area contributed by atoms with E-state index in [0.717, 1.165) is 41.7 Å². The Bertz CT molecular complexity index is 779. The average molecular weight is 445 g/mol. The monoisotopic (exact) mass is 444 g/mol. The van der Waals surface area contributed by atoms with E-state index in [1.165, 1.54) is 44.9 Å². The Labute approximate surface area is 197 Å². The van der Waals surface area contributed by atoms with Gasteiger partial charge in [-0.15, -0.1) is 0 Å². The number of ketones is 1. The first-order valence-electron chi connectivity index (χ1n) is 13.0. The molecule has 0 bridgehead atoms. The molecule has 0 aliphatic carbocycles. The molecule has 3 atom stereocenters. The molecule has 1 aliphatic rings. The molecule has 1 aromatic rings. The van der Waals surface area contributed by atoms with Gasteiger partial charge in [0.25, 0.3) is 0 Å². The number of ether oxygens (including phenoxy) is 1. The van der Waals surface area contributed by atoms with Crippen molar-refractivity contribution in [3.05, 3.63) is 22.3 Å². The lowest BCUT2D eigenvalue weighted by atomic mass is 9.83. The van der Waals surface area contributed by atoms with E-state index < -0.39 is 5.60 Å². The van der Waals surface area contributed by atoms with Crippen molar-refractivity contribution >= 4 is 5.78 Å². The Kier molecular flexibility index (Phi) is 9.67. The van der Waals surface area contributed by atoms with E-state index in [2.05, 4.69) is 34.6 Å². The molecule has 0 radical (unpaired) electrons. The number of benzene rings is 1. The number of phenolic OH excluding ortho intramolecular Hbond substituents is 1. The Morgan fingerprint density at radius 3 is 1.94 bits per heavy atom. The molecule has 1 unspecified atom stereocenters. The van der Waals surface area contributed by atoms with Gasteiger partial charge in [-0.3, -0.25) is 4.79 Å². The van der Waals surface area contributed by atoms with Gasteiger partial charge in [-0.05, 0) is 69.4 Å². The van der Waals surface area contributed by atoms with E-state index in [1.807, 2.05) is 20.8 Å². The van der Waals surface area contributed by atoms with Crippen molar-refractivity contribution in [3.8, 4) is 11.5 Å². The predicted octanol–water partition coefficient (Wildman–Crippen LogP) is 8.48. The zero-order valence-corrected chi connectivity index (χ0v) is 22.1. The number of phenols is 1. The zero-order valence-electron chi connectivity index (χ0n) is 22.1. The third kappa shape index (κ3) is 6.99. The van der Waals surface area contributed by atoms with Crippen LogP contribution in [0.25, 0.3) is 0 Å². The van der Waals surface area contributed by atoms with Gasteiger partial charge >= 0.3 is 0 Å². The highest BCUT2D eigenvalue weighted by molar-refractivity contribution is 6.03. The minimum atomic E-state index is -0.449. The molecule has 0 fully saturated rings. The van der Waals surface area contributed by atoms with Crippen molar-refractivity contribution in [2.24, 2.45) is 17.8 Å². The third-order valence-electron chi connectivity index (χ3n) is 7.65. The molecule has 1 aromatic carbocycles. The van der Waals surface area contributed by atoms with Gasteiger partial charge in [0.2, 0.25) is 0 Å². The van der Waals surface area contributed by atoms with Gasteiger partial charge in [0.15, 0.2) is 5.78 Å². The topological polar surface area (TPSA) is 46.5 Å². The van der Waals surface area contributed by atoms with Crippen molar-refractivity contribution in [2.75, 3.05) is 0 Å². The maximum Gasteiger partial charge on any atom is 0.170 e. The molecule has 1 N–H and O–H groups in total. The van der Waals surface area contributed by atoms with Crippen LogP contribution in [0.2, 0.25) is 0 Å². The van der Waals surface area contributed by atoms with Crippen LogP contribution in [0.1, 0.15) is 126 Å². The molecule has 2 rings (SSSR count). The summed E-state index contributed by atoms with van der Waals surface area (Å²) in [5, 5.41) is 10.4. The molecule has 3 nitrogen and oxygen atoms in total. The van der Waals surface area contributed by atoms with Crippen LogP contribution < -0.4 is 4.74 Å². The van der Waals surface area contributed by atoms with Crippen molar-refractivity contribution < 1.29 is 14.6 Å². The van der Waals surface area contributed by atoms with Crippen molar-refractivity contribution in [2.45, 2.75) is 125 Å². The summed E-state index contributed by atoms with van der Waals surface area (Å²) in [4.78, 5) is 13.0. The smallest absolute Gasteiger partial charge is 0.170 e. The van der Waals surface area contributed by atoms with Gasteiger partial charge in [0.05, 0.1) is 12.0 Å². The molecule has 0 aromatic heterocycles. The largest absolute Gasteiger partial charge is 0.507 e. The van der Waals surface area contributed by atoms with Crippen molar-refractivity contribution in [1.29, 1.82) is 0 Å². The summed E-state index contributed by atoms with van der Waals surface area (Å²) in [7, 11) is 0. The van der Waals surface area contributed by atoms with Crippen LogP contribution in [0, 0.1) is 38.5 Å². The fraction of sp³-hybridized carbons (Fsp3) is 0.759. The first kappa shape index (κ1) is 26.7. The van der Waals surface area contributed by atoms with Gasteiger partial charge in [0.1, 0.15) is 17.1 Å². The number of rotatable bonds is 12. The number of Topliss-reactive ketones (excluding diaryl/α,β-unsaturated/α-hetero) is 1. The second-order valence-electron chi connectivity index (χ2n) is 11.4. The van der Waals surface area contributed by atoms with Crippen molar-refractivity contribution in [1.82, 2.24) is 0 Å². The highest BCUT2D eigenvalue weighted by Crippen LogP contribution is 2.44. The van der Waals surface area contributed by atoms with Gasteiger partial charge in [0, 0.05) is 5.56 Å². The first-order valence-corrected chi connectivity index (χ1v) is 13.0. The fourth-order valence-electron chi connectivity index (χ4n) is 5.22. The van der Waals surface area contributed by atoms with Crippen molar-refractivity contribution in [3.63, 3.8) is 0 Å². The van der Waals surface area contributed by atoms with Crippen LogP contribution in [-0.4, -0.2) is 16.5 Å². The molecule has 3 heteroatoms. The molecule has 0 amide bonds. The predicted molar refractivity (Wildman–Crippen MR) is 135 cm³/mol. The molecule has 1 heterocycles. The Morgan fingerprint density at radius 2 is 1.38 bits per heavy atom. The molecular weight excluding hydrogens is 396 g/mol. The minimum absolute atomic E-state index is 0.101. The number of hydrogen-bond acceptors (Lipinski definition) is 3. The average Bonchev–Trinajstić information content (AvgIpc) is 2.69. The van der Waals surface area contributed by atoms with Gasteiger partial charge in [-0.25, -0.2) is 0 Å². The van der Waals surface area contributed by atoms with Gasteiger partial charge < -0.3 is 9.84 Å². The summed E-state index contributed by atoms with van der Waals surface area (Å²) >= 11 is 0. The van der Waals surface area contributed by atoms with Crippen LogP contribution in [-0.2, 0) is 0 Å². The molecule has 0 saturated carbocycles. The van der Waals surface area contributed by atoms with E-state index in [0.29, 0.717) is 23.3 Å². The first-order chi connectivity index (χ1) is 14.9. The number of carbonyl (C=O) groups excluding carboxylic acids is 1. The van der Waals surface area contributed by atoms with Gasteiger partial charge in [-0.1, -0.05) is 72.6 Å². The third-order valence-corrected chi connectivity index (χ3v) is 7.65. The van der Waals surface area contributed by atoms with Crippen LogP contribution in [0.3, 0.4) is 0 Å². The molecule has 0 saturated heterocycles. The number of fused-ring (bicyclic) bond motifs is 1. The quantitative estimate of drug-likeness (QED) is 0.351. The minimum Gasteiger partial charge on any atom is -0.507 e. The maximum atomic E-state index is 13.0. The van der Waals surface area contributed by atoms with E-state index in [4.69, 9.17) is 4.74 Å². The SMILES string of the molecule is Cc1c(C)c2c(c(C)c1O)C(=O)CC(C)(CCC[C@H](C)CCC[C@H](C)CCCC(C)C)O2. The van der Waals surface area contributed by atoms with Crippen LogP contribution in [0.5, 0.6) is 11.5 Å². The Morgan fingerprint density at radius 1 is 0.844 bits per heavy atom. The van der Waals surface area contributed by atoms with Crippen LogP contribution in [0.4, 0.5) is 0 Å². The van der Waals surface area contributed by atoms with E-state index in [9.17, 15) is 9.90 Å². The van der Waals surface area contributed by atoms with Gasteiger partial charge in [-0.2, -0.15) is 0 Å². The number of carbonyl (C=O) groups is 1. The summed E-state index contributed by atoms with van der Waals surface area (Å²) in [6, 6.07) is 0. The number of hydrogen-bond donors (Lipinski definition) is 1. The number of aromatic hydroxyl groups is 1. The summed E-state index contributed by atoms with van der Waals surface area (Å²) < 4.78 is 6.45. The second kappa shape index (κ2) is 11.6. The second-order valence-corrected chi connectivity index (χ2v) is 11.4. The van der Waals surface area contributed by atoms with E-state index in [1.54, 1.807) is 0 Å².